The van der Waals surface area contributed by atoms with Gasteiger partial charge in [0.1, 0.15) is 5.82 Å². The highest BCUT2D eigenvalue weighted by molar-refractivity contribution is 5.94. The first-order valence-electron chi connectivity index (χ1n) is 11.3. The van der Waals surface area contributed by atoms with Crippen molar-refractivity contribution in [3.8, 4) is 5.69 Å². The van der Waals surface area contributed by atoms with E-state index in [1.807, 2.05) is 32.0 Å². The predicted octanol–water partition coefficient (Wildman–Crippen LogP) is 5.06. The molecule has 6 nitrogen and oxygen atoms in total. The van der Waals surface area contributed by atoms with E-state index in [-0.39, 0.29) is 29.7 Å². The maximum absolute atomic E-state index is 12.7. The average Bonchev–Trinajstić information content (AvgIpc) is 3.11. The molecule has 1 heterocycles. The number of nitrogens with one attached hydrogen (secondary N) is 2. The van der Waals surface area contributed by atoms with E-state index in [0.717, 1.165) is 42.6 Å². The first-order chi connectivity index (χ1) is 14.6. The van der Waals surface area contributed by atoms with Gasteiger partial charge in [0.25, 0.3) is 0 Å². The molecule has 2 N–H and O–H groups in total. The number of anilines is 1. The van der Waals surface area contributed by atoms with Crippen LogP contribution in [-0.4, -0.2) is 28.1 Å². The van der Waals surface area contributed by atoms with Gasteiger partial charge in [-0.2, -0.15) is 5.10 Å². The van der Waals surface area contributed by atoms with E-state index < -0.39 is 0 Å². The monoisotopic (exact) mass is 426 g/mol. The van der Waals surface area contributed by atoms with Crippen molar-refractivity contribution < 1.29 is 9.59 Å². The molecule has 2 amide bonds. The Morgan fingerprint density at radius 3 is 2.42 bits per heavy atom. The highest BCUT2D eigenvalue weighted by Gasteiger charge is 2.22. The number of carbonyl (C=O) groups is 2. The third-order valence-corrected chi connectivity index (χ3v) is 5.52. The number of unbranched alkanes of at least 4 members (excludes halogenated alkanes) is 1. The van der Waals surface area contributed by atoms with Crippen LogP contribution in [0.4, 0.5) is 5.82 Å². The molecular formula is C25H38N4O2. The minimum atomic E-state index is -0.259. The molecule has 31 heavy (non-hydrogen) atoms. The second-order valence-corrected chi connectivity index (χ2v) is 9.38. The molecule has 0 fully saturated rings. The Labute approximate surface area is 186 Å². The molecule has 2 aromatic rings. The van der Waals surface area contributed by atoms with Gasteiger partial charge in [-0.15, -0.1) is 0 Å². The smallest absolute Gasteiger partial charge is 0.244 e. The van der Waals surface area contributed by atoms with Crippen molar-refractivity contribution in [1.82, 2.24) is 15.1 Å². The third kappa shape index (κ3) is 6.68. The molecule has 0 aliphatic heterocycles. The van der Waals surface area contributed by atoms with E-state index in [4.69, 9.17) is 5.10 Å². The van der Waals surface area contributed by atoms with Crippen molar-refractivity contribution in [3.63, 3.8) is 0 Å². The zero-order valence-electron chi connectivity index (χ0n) is 20.1. The second-order valence-electron chi connectivity index (χ2n) is 9.38. The maximum Gasteiger partial charge on any atom is 0.244 e. The molecule has 0 saturated heterocycles. The minimum Gasteiger partial charge on any atom is -0.347 e. The highest BCUT2D eigenvalue weighted by atomic mass is 16.2. The van der Waals surface area contributed by atoms with Crippen LogP contribution in [0.5, 0.6) is 0 Å². The normalized spacial score (nSPS) is 12.5. The van der Waals surface area contributed by atoms with E-state index in [2.05, 4.69) is 51.3 Å². The summed E-state index contributed by atoms with van der Waals surface area (Å²) >= 11 is 0. The highest BCUT2D eigenvalue weighted by Crippen LogP contribution is 2.27. The molecule has 170 valence electrons. The lowest BCUT2D eigenvalue weighted by Gasteiger charge is -2.15. The van der Waals surface area contributed by atoms with Crippen LogP contribution in [0, 0.1) is 19.8 Å². The topological polar surface area (TPSA) is 76.0 Å². The Balaban J connectivity index is 2.19. The quantitative estimate of drug-likeness (QED) is 0.588. The lowest BCUT2D eigenvalue weighted by molar-refractivity contribution is -0.127. The number of nitrogens with zero attached hydrogens (tertiary/aromatic N) is 2. The van der Waals surface area contributed by atoms with E-state index >= 15 is 0 Å². The lowest BCUT2D eigenvalue weighted by atomic mass is 9.92. The van der Waals surface area contributed by atoms with Crippen LogP contribution in [0.25, 0.3) is 5.69 Å². The molecule has 0 aliphatic carbocycles. The van der Waals surface area contributed by atoms with Crippen LogP contribution in [0.1, 0.15) is 77.1 Å². The van der Waals surface area contributed by atoms with Gasteiger partial charge in [0.2, 0.25) is 11.8 Å². The summed E-state index contributed by atoms with van der Waals surface area (Å²) in [6, 6.07) is 8.06. The van der Waals surface area contributed by atoms with Gasteiger partial charge in [0.05, 0.1) is 17.9 Å². The van der Waals surface area contributed by atoms with Gasteiger partial charge in [-0.25, -0.2) is 4.68 Å². The molecule has 0 spiro atoms. The van der Waals surface area contributed by atoms with Gasteiger partial charge >= 0.3 is 0 Å². The number of aromatic nitrogens is 2. The molecule has 1 aromatic carbocycles. The fourth-order valence-electron chi connectivity index (χ4n) is 3.53. The van der Waals surface area contributed by atoms with Crippen LogP contribution >= 0.6 is 0 Å². The Morgan fingerprint density at radius 2 is 1.84 bits per heavy atom. The van der Waals surface area contributed by atoms with Gasteiger partial charge in [-0.3, -0.25) is 9.59 Å². The number of aryl methyl sites for hydroxylation is 2. The Morgan fingerprint density at radius 1 is 1.13 bits per heavy atom. The minimum absolute atomic E-state index is 0.0408. The van der Waals surface area contributed by atoms with E-state index in [0.29, 0.717) is 5.82 Å². The first-order valence-corrected chi connectivity index (χ1v) is 11.3. The SMILES string of the molecule is CCCCC(CC)C(=O)NCC(=O)Nc1cc(C(C)(C)C)nn1-c1ccc(C)cc1C. The summed E-state index contributed by atoms with van der Waals surface area (Å²) in [5.41, 5.74) is 3.90. The van der Waals surface area contributed by atoms with Crippen molar-refractivity contribution >= 4 is 17.6 Å². The van der Waals surface area contributed by atoms with E-state index in [1.54, 1.807) is 4.68 Å². The number of hydrogen-bond donors (Lipinski definition) is 2. The largest absolute Gasteiger partial charge is 0.347 e. The zero-order valence-corrected chi connectivity index (χ0v) is 20.1. The molecule has 2 rings (SSSR count). The third-order valence-electron chi connectivity index (χ3n) is 5.52. The van der Waals surface area contributed by atoms with Crippen LogP contribution in [0.3, 0.4) is 0 Å². The molecule has 0 radical (unpaired) electrons. The van der Waals surface area contributed by atoms with Gasteiger partial charge in [0.15, 0.2) is 0 Å². The first kappa shape index (κ1) is 24.6. The van der Waals surface area contributed by atoms with Gasteiger partial charge < -0.3 is 10.6 Å². The molecule has 0 saturated carbocycles. The van der Waals surface area contributed by atoms with Crippen molar-refractivity contribution in [2.45, 2.75) is 79.6 Å². The molecular weight excluding hydrogens is 388 g/mol. The van der Waals surface area contributed by atoms with Crippen LogP contribution in [0.15, 0.2) is 24.3 Å². The summed E-state index contributed by atoms with van der Waals surface area (Å²) in [5.74, 6) is 0.254. The summed E-state index contributed by atoms with van der Waals surface area (Å²) in [5, 5.41) is 10.5. The molecule has 6 heteroatoms. The maximum atomic E-state index is 12.7. The molecule has 1 unspecified atom stereocenters. The van der Waals surface area contributed by atoms with Crippen LogP contribution < -0.4 is 10.6 Å². The zero-order chi connectivity index (χ0) is 23.2. The Bertz CT molecular complexity index is 909. The number of amides is 2. The number of benzene rings is 1. The fraction of sp³-hybridized carbons (Fsp3) is 0.560. The Kier molecular flexibility index (Phi) is 8.43. The average molecular weight is 427 g/mol. The summed E-state index contributed by atoms with van der Waals surface area (Å²) in [6.07, 6.45) is 3.71. The van der Waals surface area contributed by atoms with Crippen LogP contribution in [0.2, 0.25) is 0 Å². The number of hydrogen-bond acceptors (Lipinski definition) is 3. The van der Waals surface area contributed by atoms with Gasteiger partial charge in [0, 0.05) is 17.4 Å². The lowest BCUT2D eigenvalue weighted by Crippen LogP contribution is -2.37. The molecule has 0 aliphatic rings. The van der Waals surface area contributed by atoms with Crippen molar-refractivity contribution in [2.24, 2.45) is 5.92 Å². The van der Waals surface area contributed by atoms with E-state index in [9.17, 15) is 9.59 Å². The van der Waals surface area contributed by atoms with Crippen molar-refractivity contribution in [1.29, 1.82) is 0 Å². The summed E-state index contributed by atoms with van der Waals surface area (Å²) in [6.45, 7) is 14.4. The number of carbonyl (C=O) groups excluding carboxylic acids is 2. The number of rotatable bonds is 9. The molecule has 0 bridgehead atoms. The van der Waals surface area contributed by atoms with Crippen LogP contribution in [-0.2, 0) is 15.0 Å². The fourth-order valence-corrected chi connectivity index (χ4v) is 3.53. The Hall–Kier alpha value is -2.63. The molecule has 1 atom stereocenters. The van der Waals surface area contributed by atoms with Crippen molar-refractivity contribution in [2.75, 3.05) is 11.9 Å². The van der Waals surface area contributed by atoms with Gasteiger partial charge in [-0.05, 0) is 38.3 Å². The van der Waals surface area contributed by atoms with Gasteiger partial charge in [-0.1, -0.05) is 65.2 Å². The predicted molar refractivity (Wildman–Crippen MR) is 127 cm³/mol. The van der Waals surface area contributed by atoms with Crippen molar-refractivity contribution in [3.05, 3.63) is 41.1 Å². The molecule has 1 aromatic heterocycles. The summed E-state index contributed by atoms with van der Waals surface area (Å²) in [4.78, 5) is 25.1. The standard InChI is InChI=1S/C25H38N4O2/c1-8-10-11-19(9-2)24(31)26-16-23(30)27-22-15-21(25(5,6)7)28-29(22)20-13-12-17(3)14-18(20)4/h12-15,19H,8-11,16H2,1-7H3,(H,26,31)(H,27,30). The van der Waals surface area contributed by atoms with E-state index in [1.165, 1.54) is 5.56 Å². The summed E-state index contributed by atoms with van der Waals surface area (Å²) in [7, 11) is 0. The summed E-state index contributed by atoms with van der Waals surface area (Å²) < 4.78 is 1.78. The second kappa shape index (κ2) is 10.6.